The monoisotopic (exact) mass is 249 g/mol. The van der Waals surface area contributed by atoms with Crippen LogP contribution >= 0.6 is 0 Å². The van der Waals surface area contributed by atoms with Crippen molar-refractivity contribution in [3.05, 3.63) is 59.3 Å². The maximum atomic E-state index is 9.08. The van der Waals surface area contributed by atoms with Gasteiger partial charge >= 0.3 is 0 Å². The van der Waals surface area contributed by atoms with E-state index in [0.29, 0.717) is 17.4 Å². The van der Waals surface area contributed by atoms with Crippen LogP contribution in [0.1, 0.15) is 23.1 Å². The van der Waals surface area contributed by atoms with Gasteiger partial charge in [-0.15, -0.1) is 0 Å². The molecular formula is C16H15N3. The Hall–Kier alpha value is -2.34. The number of pyridine rings is 1. The van der Waals surface area contributed by atoms with Gasteiger partial charge in [0.25, 0.3) is 0 Å². The Morgan fingerprint density at radius 2 is 2.00 bits per heavy atom. The topological polar surface area (TPSA) is 48.7 Å². The number of fused-ring (bicyclic) bond motifs is 1. The molecule has 1 N–H and O–H groups in total. The molecular weight excluding hydrogens is 234 g/mol. The van der Waals surface area contributed by atoms with E-state index < -0.39 is 0 Å². The molecule has 94 valence electrons. The average molecular weight is 249 g/mol. The van der Waals surface area contributed by atoms with E-state index in [1.165, 1.54) is 11.1 Å². The molecule has 2 aromatic rings. The maximum absolute atomic E-state index is 9.08. The molecule has 1 aliphatic rings. The molecule has 1 atom stereocenters. The van der Waals surface area contributed by atoms with Crippen LogP contribution in [0, 0.1) is 11.3 Å². The van der Waals surface area contributed by atoms with E-state index in [2.05, 4.69) is 40.6 Å². The minimum absolute atomic E-state index is 0.358. The van der Waals surface area contributed by atoms with E-state index in [1.807, 2.05) is 0 Å². The van der Waals surface area contributed by atoms with E-state index in [-0.39, 0.29) is 0 Å². The van der Waals surface area contributed by atoms with Gasteiger partial charge in [-0.2, -0.15) is 5.26 Å². The summed E-state index contributed by atoms with van der Waals surface area (Å²) in [5.74, 6) is 0.703. The van der Waals surface area contributed by atoms with E-state index in [9.17, 15) is 0 Å². The molecule has 3 rings (SSSR count). The number of anilines is 1. The van der Waals surface area contributed by atoms with Crippen molar-refractivity contribution < 1.29 is 0 Å². The zero-order valence-electron chi connectivity index (χ0n) is 10.6. The number of nitrogens with zero attached hydrogens (tertiary/aromatic N) is 2. The lowest BCUT2D eigenvalue weighted by molar-refractivity contribution is 0.608. The minimum atomic E-state index is 0.358. The number of aryl methyl sites for hydroxylation is 1. The highest BCUT2D eigenvalue weighted by molar-refractivity contribution is 5.52. The predicted molar refractivity (Wildman–Crippen MR) is 74.8 cm³/mol. The van der Waals surface area contributed by atoms with Gasteiger partial charge in [0.15, 0.2) is 0 Å². The standard InChI is InChI=1S/C16H15N3/c17-11-14-6-3-9-18-16(14)19-15-8-7-12-4-1-2-5-13(12)10-15/h1-6,9,15H,7-8,10H2,(H,18,19). The molecule has 1 unspecified atom stereocenters. The van der Waals surface area contributed by atoms with Crippen LogP contribution in [0.4, 0.5) is 5.82 Å². The van der Waals surface area contributed by atoms with Gasteiger partial charge in [0, 0.05) is 12.2 Å². The Labute approximate surface area is 112 Å². The van der Waals surface area contributed by atoms with Crippen molar-refractivity contribution in [3.63, 3.8) is 0 Å². The quantitative estimate of drug-likeness (QED) is 0.890. The third-order valence-electron chi connectivity index (χ3n) is 3.62. The zero-order valence-corrected chi connectivity index (χ0v) is 10.6. The fraction of sp³-hybridized carbons (Fsp3) is 0.250. The second kappa shape index (κ2) is 5.11. The van der Waals surface area contributed by atoms with E-state index in [0.717, 1.165) is 19.3 Å². The Kier molecular flexibility index (Phi) is 3.16. The van der Waals surface area contributed by atoms with Crippen molar-refractivity contribution in [2.75, 3.05) is 5.32 Å². The smallest absolute Gasteiger partial charge is 0.144 e. The molecule has 1 aromatic heterocycles. The molecule has 0 aliphatic heterocycles. The lowest BCUT2D eigenvalue weighted by Gasteiger charge is -2.26. The van der Waals surface area contributed by atoms with Crippen LogP contribution in [0.15, 0.2) is 42.6 Å². The van der Waals surface area contributed by atoms with Crippen molar-refractivity contribution in [2.45, 2.75) is 25.3 Å². The molecule has 1 aliphatic carbocycles. The van der Waals surface area contributed by atoms with Gasteiger partial charge in [-0.05, 0) is 42.5 Å². The van der Waals surface area contributed by atoms with E-state index in [1.54, 1.807) is 18.3 Å². The Morgan fingerprint density at radius 1 is 1.16 bits per heavy atom. The summed E-state index contributed by atoms with van der Waals surface area (Å²) in [7, 11) is 0. The number of hydrogen-bond donors (Lipinski definition) is 1. The van der Waals surface area contributed by atoms with Gasteiger partial charge in [-0.1, -0.05) is 24.3 Å². The average Bonchev–Trinajstić information content (AvgIpc) is 2.48. The van der Waals surface area contributed by atoms with Crippen molar-refractivity contribution in [1.29, 1.82) is 5.26 Å². The Bertz CT molecular complexity index is 628. The van der Waals surface area contributed by atoms with Gasteiger partial charge in [-0.3, -0.25) is 0 Å². The molecule has 0 saturated carbocycles. The normalized spacial score (nSPS) is 17.3. The summed E-state index contributed by atoms with van der Waals surface area (Å²) in [6.07, 6.45) is 4.89. The van der Waals surface area contributed by atoms with Crippen LogP contribution in [-0.2, 0) is 12.8 Å². The molecule has 0 spiro atoms. The van der Waals surface area contributed by atoms with Crippen LogP contribution < -0.4 is 5.32 Å². The lowest BCUT2D eigenvalue weighted by atomic mass is 9.88. The number of hydrogen-bond acceptors (Lipinski definition) is 3. The minimum Gasteiger partial charge on any atom is -0.366 e. The predicted octanol–water partition coefficient (Wildman–Crippen LogP) is 2.92. The highest BCUT2D eigenvalue weighted by Crippen LogP contribution is 2.23. The highest BCUT2D eigenvalue weighted by Gasteiger charge is 2.19. The molecule has 1 heterocycles. The van der Waals surface area contributed by atoms with Crippen molar-refractivity contribution in [1.82, 2.24) is 4.98 Å². The number of benzene rings is 1. The SMILES string of the molecule is N#Cc1cccnc1NC1CCc2ccccc2C1. The van der Waals surface area contributed by atoms with Gasteiger partial charge in [-0.25, -0.2) is 4.98 Å². The zero-order chi connectivity index (χ0) is 13.1. The third-order valence-corrected chi connectivity index (χ3v) is 3.62. The van der Waals surface area contributed by atoms with Gasteiger partial charge in [0.05, 0.1) is 5.56 Å². The van der Waals surface area contributed by atoms with Crippen molar-refractivity contribution in [3.8, 4) is 6.07 Å². The second-order valence-corrected chi connectivity index (χ2v) is 4.86. The second-order valence-electron chi connectivity index (χ2n) is 4.86. The maximum Gasteiger partial charge on any atom is 0.144 e. The van der Waals surface area contributed by atoms with Crippen LogP contribution in [0.3, 0.4) is 0 Å². The van der Waals surface area contributed by atoms with E-state index >= 15 is 0 Å². The fourth-order valence-corrected chi connectivity index (χ4v) is 2.62. The first-order valence-corrected chi connectivity index (χ1v) is 6.55. The summed E-state index contributed by atoms with van der Waals surface area (Å²) in [5.41, 5.74) is 3.46. The van der Waals surface area contributed by atoms with Crippen LogP contribution in [0.25, 0.3) is 0 Å². The molecule has 0 radical (unpaired) electrons. The summed E-state index contributed by atoms with van der Waals surface area (Å²) in [6, 6.07) is 14.7. The fourth-order valence-electron chi connectivity index (χ4n) is 2.62. The van der Waals surface area contributed by atoms with Gasteiger partial charge in [0.2, 0.25) is 0 Å². The Balaban J connectivity index is 1.78. The summed E-state index contributed by atoms with van der Waals surface area (Å²) < 4.78 is 0. The first-order valence-electron chi connectivity index (χ1n) is 6.55. The number of nitrogens with one attached hydrogen (secondary N) is 1. The number of rotatable bonds is 2. The van der Waals surface area contributed by atoms with Crippen LogP contribution in [0.5, 0.6) is 0 Å². The van der Waals surface area contributed by atoms with Crippen molar-refractivity contribution >= 4 is 5.82 Å². The van der Waals surface area contributed by atoms with Crippen LogP contribution in [-0.4, -0.2) is 11.0 Å². The first-order chi connectivity index (χ1) is 9.36. The molecule has 3 heteroatoms. The number of nitriles is 1. The summed E-state index contributed by atoms with van der Waals surface area (Å²) in [6.45, 7) is 0. The summed E-state index contributed by atoms with van der Waals surface area (Å²) in [4.78, 5) is 4.27. The molecule has 0 amide bonds. The molecule has 0 fully saturated rings. The summed E-state index contributed by atoms with van der Waals surface area (Å²) >= 11 is 0. The lowest BCUT2D eigenvalue weighted by Crippen LogP contribution is -2.28. The van der Waals surface area contributed by atoms with E-state index in [4.69, 9.17) is 5.26 Å². The van der Waals surface area contributed by atoms with Gasteiger partial charge in [0.1, 0.15) is 11.9 Å². The third kappa shape index (κ3) is 2.43. The Morgan fingerprint density at radius 3 is 2.84 bits per heavy atom. The van der Waals surface area contributed by atoms with Crippen molar-refractivity contribution in [2.24, 2.45) is 0 Å². The highest BCUT2D eigenvalue weighted by atomic mass is 15.0. The molecule has 19 heavy (non-hydrogen) atoms. The first kappa shape index (κ1) is 11.7. The molecule has 0 bridgehead atoms. The molecule has 0 saturated heterocycles. The van der Waals surface area contributed by atoms with Gasteiger partial charge < -0.3 is 5.32 Å². The molecule has 1 aromatic carbocycles. The van der Waals surface area contributed by atoms with Crippen LogP contribution in [0.2, 0.25) is 0 Å². The largest absolute Gasteiger partial charge is 0.366 e. The molecule has 3 nitrogen and oxygen atoms in total. The number of aromatic nitrogens is 1. The summed E-state index contributed by atoms with van der Waals surface area (Å²) in [5, 5.41) is 12.5.